The van der Waals surface area contributed by atoms with Crippen LogP contribution in [0.4, 0.5) is 0 Å². The Kier molecular flexibility index (Phi) is 6.20. The van der Waals surface area contributed by atoms with Crippen LogP contribution in [0.3, 0.4) is 0 Å². The molecule has 0 radical (unpaired) electrons. The molecule has 3 rings (SSSR count). The summed E-state index contributed by atoms with van der Waals surface area (Å²) in [6.45, 7) is 1.79. The summed E-state index contributed by atoms with van der Waals surface area (Å²) in [5.74, 6) is -1.35. The molecule has 3 aromatic carbocycles. The van der Waals surface area contributed by atoms with Gasteiger partial charge in [-0.3, -0.25) is 9.59 Å². The van der Waals surface area contributed by atoms with Crippen molar-refractivity contribution in [3.63, 3.8) is 0 Å². The van der Waals surface area contributed by atoms with Gasteiger partial charge >= 0.3 is 0 Å². The summed E-state index contributed by atoms with van der Waals surface area (Å²) in [6.07, 6.45) is 0. The highest BCUT2D eigenvalue weighted by molar-refractivity contribution is 6.30. The van der Waals surface area contributed by atoms with E-state index in [1.165, 1.54) is 17.0 Å². The maximum absolute atomic E-state index is 13.5. The van der Waals surface area contributed by atoms with Crippen LogP contribution in [-0.4, -0.2) is 21.8 Å². The third-order valence-corrected chi connectivity index (χ3v) is 5.02. The van der Waals surface area contributed by atoms with E-state index in [4.69, 9.17) is 17.3 Å². The lowest BCUT2D eigenvalue weighted by atomic mass is 9.98. The molecule has 0 aliphatic rings. The van der Waals surface area contributed by atoms with Crippen LogP contribution >= 0.6 is 11.6 Å². The number of carbonyl (C=O) groups excluding carboxylic acids is 2. The Hall–Kier alpha value is -3.31. The van der Waals surface area contributed by atoms with Crippen molar-refractivity contribution >= 4 is 23.4 Å². The number of phenols is 1. The van der Waals surface area contributed by atoms with E-state index in [1.807, 2.05) is 12.1 Å². The number of nitrogens with zero attached hydrogens (tertiary/aromatic N) is 1. The van der Waals surface area contributed by atoms with Gasteiger partial charge < -0.3 is 15.7 Å². The van der Waals surface area contributed by atoms with E-state index in [0.717, 1.165) is 5.56 Å². The predicted molar refractivity (Wildman–Crippen MR) is 113 cm³/mol. The summed E-state index contributed by atoms with van der Waals surface area (Å²) in [4.78, 5) is 27.4. The topological polar surface area (TPSA) is 83.6 Å². The van der Waals surface area contributed by atoms with Gasteiger partial charge in [0.05, 0.1) is 11.6 Å². The van der Waals surface area contributed by atoms with Crippen LogP contribution < -0.4 is 5.73 Å². The van der Waals surface area contributed by atoms with Crippen LogP contribution in [0.15, 0.2) is 78.9 Å². The van der Waals surface area contributed by atoms with Crippen LogP contribution in [0.5, 0.6) is 5.75 Å². The molecule has 0 heterocycles. The second kappa shape index (κ2) is 8.80. The fraction of sp³-hybridized carbons (Fsp3) is 0.130. The number of phenolic OH excluding ortho intramolecular Hbond substituents is 1. The number of benzene rings is 3. The Bertz CT molecular complexity index is 1020. The third kappa shape index (κ3) is 4.41. The van der Waals surface area contributed by atoms with Crippen LogP contribution in [-0.2, 0) is 4.79 Å². The highest BCUT2D eigenvalue weighted by atomic mass is 35.5. The number of para-hydroxylation sites is 1. The molecule has 0 unspecified atom stereocenters. The molecule has 0 spiro atoms. The molecule has 6 heteroatoms. The largest absolute Gasteiger partial charge is 0.507 e. The van der Waals surface area contributed by atoms with E-state index < -0.39 is 23.9 Å². The van der Waals surface area contributed by atoms with E-state index in [2.05, 4.69) is 0 Å². The molecule has 2 atom stereocenters. The molecule has 0 aromatic heterocycles. The predicted octanol–water partition coefficient (Wildman–Crippen LogP) is 4.48. The molecule has 3 N–H and O–H groups in total. The van der Waals surface area contributed by atoms with Crippen molar-refractivity contribution in [2.45, 2.75) is 19.0 Å². The van der Waals surface area contributed by atoms with Gasteiger partial charge in [0, 0.05) is 5.02 Å². The van der Waals surface area contributed by atoms with Crippen molar-refractivity contribution in [2.75, 3.05) is 0 Å². The zero-order valence-corrected chi connectivity index (χ0v) is 16.6. The number of carbonyl (C=O) groups is 2. The van der Waals surface area contributed by atoms with Gasteiger partial charge in [-0.2, -0.15) is 0 Å². The molecule has 0 aliphatic heterocycles. The summed E-state index contributed by atoms with van der Waals surface area (Å²) in [5, 5.41) is 10.7. The average molecular weight is 409 g/mol. The summed E-state index contributed by atoms with van der Waals surface area (Å²) in [6, 6.07) is 20.6. The van der Waals surface area contributed by atoms with Gasteiger partial charge in [0.2, 0.25) is 5.91 Å². The van der Waals surface area contributed by atoms with Gasteiger partial charge in [-0.15, -0.1) is 0 Å². The van der Waals surface area contributed by atoms with Crippen molar-refractivity contribution in [1.82, 2.24) is 4.90 Å². The third-order valence-electron chi connectivity index (χ3n) is 4.78. The molecule has 0 aliphatic carbocycles. The average Bonchev–Trinajstić information content (AvgIpc) is 2.71. The Balaban J connectivity index is 2.16. The van der Waals surface area contributed by atoms with Gasteiger partial charge in [0.1, 0.15) is 11.8 Å². The van der Waals surface area contributed by atoms with Gasteiger partial charge in [-0.1, -0.05) is 66.2 Å². The van der Waals surface area contributed by atoms with Crippen molar-refractivity contribution < 1.29 is 14.7 Å². The van der Waals surface area contributed by atoms with Crippen LogP contribution in [0.25, 0.3) is 0 Å². The first kappa shape index (κ1) is 20.4. The highest BCUT2D eigenvalue weighted by Gasteiger charge is 2.35. The number of primary amides is 1. The monoisotopic (exact) mass is 408 g/mol. The zero-order chi connectivity index (χ0) is 21.0. The lowest BCUT2D eigenvalue weighted by molar-refractivity contribution is -0.123. The maximum atomic E-state index is 13.5. The van der Waals surface area contributed by atoms with Crippen molar-refractivity contribution in [3.8, 4) is 5.75 Å². The first-order valence-electron chi connectivity index (χ1n) is 9.10. The van der Waals surface area contributed by atoms with Gasteiger partial charge in [0.25, 0.3) is 5.91 Å². The Morgan fingerprint density at radius 3 is 2.17 bits per heavy atom. The highest BCUT2D eigenvalue weighted by Crippen LogP contribution is 2.34. The molecular formula is C23H21ClN2O3. The molecule has 5 nitrogen and oxygen atoms in total. The van der Waals surface area contributed by atoms with Crippen LogP contribution in [0, 0.1) is 0 Å². The van der Waals surface area contributed by atoms with Crippen LogP contribution in [0.2, 0.25) is 5.02 Å². The van der Waals surface area contributed by atoms with E-state index in [9.17, 15) is 14.7 Å². The summed E-state index contributed by atoms with van der Waals surface area (Å²) in [5.41, 5.74) is 7.16. The van der Waals surface area contributed by atoms with Gasteiger partial charge in [-0.25, -0.2) is 0 Å². The Morgan fingerprint density at radius 2 is 1.55 bits per heavy atom. The van der Waals surface area contributed by atoms with Crippen LogP contribution in [0.1, 0.15) is 40.5 Å². The fourth-order valence-electron chi connectivity index (χ4n) is 3.33. The molecule has 2 amide bonds. The van der Waals surface area contributed by atoms with E-state index >= 15 is 0 Å². The number of nitrogens with two attached hydrogens (primary N) is 1. The Morgan fingerprint density at radius 1 is 0.931 bits per heavy atom. The fourth-order valence-corrected chi connectivity index (χ4v) is 3.53. The molecule has 0 bridgehead atoms. The summed E-state index contributed by atoms with van der Waals surface area (Å²) < 4.78 is 0. The normalized spacial score (nSPS) is 12.8. The van der Waals surface area contributed by atoms with Crippen molar-refractivity contribution in [3.05, 3.63) is 101 Å². The quantitative estimate of drug-likeness (QED) is 0.630. The van der Waals surface area contributed by atoms with Gasteiger partial charge in [-0.05, 0) is 42.3 Å². The van der Waals surface area contributed by atoms with E-state index in [0.29, 0.717) is 10.6 Å². The SMILES string of the molecule is C[C@H](c1cccc(Cl)c1)N(C(=O)c1ccccc1O)[C@@H](C(N)=O)c1ccccc1. The summed E-state index contributed by atoms with van der Waals surface area (Å²) in [7, 11) is 0. The molecule has 0 saturated heterocycles. The number of hydrogen-bond donors (Lipinski definition) is 2. The van der Waals surface area contributed by atoms with Crippen molar-refractivity contribution in [2.24, 2.45) is 5.73 Å². The number of amides is 2. The molecular weight excluding hydrogens is 388 g/mol. The standard InChI is InChI=1S/C23H21ClN2O3/c1-15(17-10-7-11-18(24)14-17)26(23(29)19-12-5-6-13-20(19)27)21(22(25)28)16-8-3-2-4-9-16/h2-15,21,27H,1H3,(H2,25,28)/t15-,21-/m1/s1. The Labute approximate surface area is 174 Å². The number of aromatic hydroxyl groups is 1. The molecule has 29 heavy (non-hydrogen) atoms. The molecule has 148 valence electrons. The molecule has 3 aromatic rings. The summed E-state index contributed by atoms with van der Waals surface area (Å²) >= 11 is 6.14. The minimum atomic E-state index is -1.03. The first-order chi connectivity index (χ1) is 13.9. The molecule has 0 saturated carbocycles. The zero-order valence-electron chi connectivity index (χ0n) is 15.8. The minimum Gasteiger partial charge on any atom is -0.507 e. The second-order valence-corrected chi connectivity index (χ2v) is 7.11. The number of rotatable bonds is 6. The first-order valence-corrected chi connectivity index (χ1v) is 9.48. The lowest BCUT2D eigenvalue weighted by Crippen LogP contribution is -2.43. The van der Waals surface area contributed by atoms with Crippen molar-refractivity contribution in [1.29, 1.82) is 0 Å². The minimum absolute atomic E-state index is 0.0866. The number of hydrogen-bond acceptors (Lipinski definition) is 3. The van der Waals surface area contributed by atoms with E-state index in [1.54, 1.807) is 61.5 Å². The second-order valence-electron chi connectivity index (χ2n) is 6.68. The van der Waals surface area contributed by atoms with E-state index in [-0.39, 0.29) is 11.3 Å². The smallest absolute Gasteiger partial charge is 0.259 e. The lowest BCUT2D eigenvalue weighted by Gasteiger charge is -2.35. The maximum Gasteiger partial charge on any atom is 0.259 e. The van der Waals surface area contributed by atoms with Gasteiger partial charge in [0.15, 0.2) is 0 Å². The molecule has 0 fully saturated rings. The number of halogens is 1.